The van der Waals surface area contributed by atoms with E-state index in [4.69, 9.17) is 9.72 Å². The van der Waals surface area contributed by atoms with Crippen LogP contribution in [0.15, 0.2) is 71.5 Å². The lowest BCUT2D eigenvalue weighted by Crippen LogP contribution is -2.29. The Morgan fingerprint density at radius 3 is 2.53 bits per heavy atom. The number of nitrogens with zero attached hydrogens (tertiary/aromatic N) is 3. The van der Waals surface area contributed by atoms with E-state index < -0.39 is 11.8 Å². The number of aryl methyl sites for hydroxylation is 1. The van der Waals surface area contributed by atoms with E-state index in [1.165, 1.54) is 29.9 Å². The minimum Gasteiger partial charge on any atom is -0.465 e. The fourth-order valence-corrected chi connectivity index (χ4v) is 3.56. The predicted molar refractivity (Wildman–Crippen MR) is 122 cm³/mol. The van der Waals surface area contributed by atoms with E-state index in [1.54, 1.807) is 25.1 Å². The second kappa shape index (κ2) is 8.63. The molecule has 0 saturated heterocycles. The molecule has 6 nitrogen and oxygen atoms in total. The molecule has 1 heterocycles. The number of carbonyl (C=O) groups excluding carboxylic acids is 1. The highest BCUT2D eigenvalue weighted by atomic mass is 19.1. The van der Waals surface area contributed by atoms with Gasteiger partial charge in [0.15, 0.2) is 0 Å². The normalized spacial score (nSPS) is 10.9. The molecule has 32 heavy (non-hydrogen) atoms. The summed E-state index contributed by atoms with van der Waals surface area (Å²) in [5, 5.41) is 0.315. The fraction of sp³-hybridized carbons (Fsp3) is 0.160. The molecule has 3 aromatic carbocycles. The zero-order valence-corrected chi connectivity index (χ0v) is 18.0. The van der Waals surface area contributed by atoms with Gasteiger partial charge in [-0.05, 0) is 48.4 Å². The van der Waals surface area contributed by atoms with Crippen LogP contribution in [0.5, 0.6) is 0 Å². The van der Waals surface area contributed by atoms with Gasteiger partial charge in [-0.1, -0.05) is 36.4 Å². The van der Waals surface area contributed by atoms with Crippen LogP contribution in [0.2, 0.25) is 0 Å². The van der Waals surface area contributed by atoms with Gasteiger partial charge in [-0.2, -0.15) is 0 Å². The summed E-state index contributed by atoms with van der Waals surface area (Å²) in [5.41, 5.74) is 2.18. The van der Waals surface area contributed by atoms with Crippen LogP contribution in [0, 0.1) is 12.7 Å². The number of esters is 1. The Labute approximate surface area is 184 Å². The van der Waals surface area contributed by atoms with Crippen molar-refractivity contribution in [1.29, 1.82) is 0 Å². The second-order valence-electron chi connectivity index (χ2n) is 7.55. The summed E-state index contributed by atoms with van der Waals surface area (Å²) < 4.78 is 20.6. The van der Waals surface area contributed by atoms with Crippen molar-refractivity contribution < 1.29 is 13.9 Å². The largest absolute Gasteiger partial charge is 0.465 e. The molecule has 1 aromatic heterocycles. The molecule has 0 atom stereocenters. The topological polar surface area (TPSA) is 64.4 Å². The summed E-state index contributed by atoms with van der Waals surface area (Å²) in [7, 11) is 3.11. The van der Waals surface area contributed by atoms with Crippen molar-refractivity contribution in [2.24, 2.45) is 0 Å². The van der Waals surface area contributed by atoms with E-state index in [-0.39, 0.29) is 5.56 Å². The summed E-state index contributed by atoms with van der Waals surface area (Å²) in [6.07, 6.45) is 0. The molecule has 0 saturated carbocycles. The highest BCUT2D eigenvalue weighted by Gasteiger charge is 2.18. The molecule has 0 unspecified atom stereocenters. The number of hydrogen-bond acceptors (Lipinski definition) is 5. The molecular weight excluding hydrogens is 409 g/mol. The molecule has 4 aromatic rings. The van der Waals surface area contributed by atoms with Crippen LogP contribution in [-0.2, 0) is 11.3 Å². The first-order valence-electron chi connectivity index (χ1n) is 10.1. The third-order valence-electron chi connectivity index (χ3n) is 5.29. The Hall–Kier alpha value is -4.00. The van der Waals surface area contributed by atoms with Crippen LogP contribution in [-0.4, -0.2) is 29.7 Å². The van der Waals surface area contributed by atoms with Crippen LogP contribution >= 0.6 is 0 Å². The number of anilines is 1. The molecule has 0 spiro atoms. The average Bonchev–Trinajstić information content (AvgIpc) is 2.80. The summed E-state index contributed by atoms with van der Waals surface area (Å²) in [6, 6.07) is 19.0. The maximum atomic E-state index is 14.4. The molecule has 0 aliphatic carbocycles. The number of hydrogen-bond donors (Lipinski definition) is 0. The van der Waals surface area contributed by atoms with Gasteiger partial charge in [-0.3, -0.25) is 4.79 Å². The lowest BCUT2D eigenvalue weighted by molar-refractivity contribution is 0.0601. The SMILES string of the molecule is COC(=O)c1ccc2c(=O)n(-c3ccc(C)c(F)c3)c(N(C)Cc3ccccc3)nc2c1. The number of halogens is 1. The second-order valence-corrected chi connectivity index (χ2v) is 7.55. The lowest BCUT2D eigenvalue weighted by atomic mass is 10.1. The van der Waals surface area contributed by atoms with Gasteiger partial charge < -0.3 is 9.64 Å². The molecule has 0 amide bonds. The number of methoxy groups -OCH3 is 1. The Kier molecular flexibility index (Phi) is 5.73. The van der Waals surface area contributed by atoms with Gasteiger partial charge in [0, 0.05) is 13.6 Å². The number of carbonyl (C=O) groups is 1. The summed E-state index contributed by atoms with van der Waals surface area (Å²) >= 11 is 0. The number of aromatic nitrogens is 2. The Morgan fingerprint density at radius 2 is 1.84 bits per heavy atom. The molecule has 0 bridgehead atoms. The summed E-state index contributed by atoms with van der Waals surface area (Å²) in [5.74, 6) is -0.596. The van der Waals surface area contributed by atoms with Crippen LogP contribution in [0.4, 0.5) is 10.3 Å². The summed E-state index contributed by atoms with van der Waals surface area (Å²) in [6.45, 7) is 2.14. The average molecular weight is 431 g/mol. The smallest absolute Gasteiger partial charge is 0.337 e. The number of fused-ring (bicyclic) bond motifs is 1. The Balaban J connectivity index is 1.95. The van der Waals surface area contributed by atoms with E-state index in [1.807, 2.05) is 42.3 Å². The third kappa shape index (κ3) is 3.97. The van der Waals surface area contributed by atoms with Gasteiger partial charge in [0.2, 0.25) is 5.95 Å². The first kappa shape index (κ1) is 21.2. The van der Waals surface area contributed by atoms with Gasteiger partial charge in [0.25, 0.3) is 5.56 Å². The van der Waals surface area contributed by atoms with Crippen molar-refractivity contribution in [1.82, 2.24) is 9.55 Å². The van der Waals surface area contributed by atoms with Gasteiger partial charge in [-0.15, -0.1) is 0 Å². The first-order valence-corrected chi connectivity index (χ1v) is 10.1. The summed E-state index contributed by atoms with van der Waals surface area (Å²) in [4.78, 5) is 32.0. The number of rotatable bonds is 5. The third-order valence-corrected chi connectivity index (χ3v) is 5.29. The van der Waals surface area contributed by atoms with E-state index in [0.29, 0.717) is 40.2 Å². The monoisotopic (exact) mass is 431 g/mol. The quantitative estimate of drug-likeness (QED) is 0.442. The zero-order chi connectivity index (χ0) is 22.8. The van der Waals surface area contributed by atoms with Crippen LogP contribution in [0.1, 0.15) is 21.5 Å². The molecular formula is C25H22FN3O3. The van der Waals surface area contributed by atoms with E-state index in [2.05, 4.69) is 0 Å². The van der Waals surface area contributed by atoms with Gasteiger partial charge in [-0.25, -0.2) is 18.7 Å². The first-order chi connectivity index (χ1) is 15.4. The molecule has 0 radical (unpaired) electrons. The van der Waals surface area contributed by atoms with Crippen molar-refractivity contribution in [3.05, 3.63) is 99.6 Å². The maximum absolute atomic E-state index is 14.4. The predicted octanol–water partition coefficient (Wildman–Crippen LogP) is 4.26. The highest BCUT2D eigenvalue weighted by Crippen LogP contribution is 2.22. The molecule has 0 aliphatic heterocycles. The maximum Gasteiger partial charge on any atom is 0.337 e. The molecule has 7 heteroatoms. The molecule has 162 valence electrons. The standard InChI is InChI=1S/C25H22FN3O3/c1-16-9-11-19(14-21(16)26)29-23(30)20-12-10-18(24(31)32-3)13-22(20)27-25(29)28(2)15-17-7-5-4-6-8-17/h4-14H,15H2,1-3H3. The van der Waals surface area contributed by atoms with E-state index >= 15 is 0 Å². The van der Waals surface area contributed by atoms with Crippen LogP contribution in [0.3, 0.4) is 0 Å². The van der Waals surface area contributed by atoms with Gasteiger partial charge >= 0.3 is 5.97 Å². The number of ether oxygens (including phenoxy) is 1. The van der Waals surface area contributed by atoms with Crippen molar-refractivity contribution in [3.63, 3.8) is 0 Å². The van der Waals surface area contributed by atoms with Gasteiger partial charge in [0.1, 0.15) is 5.82 Å². The zero-order valence-electron chi connectivity index (χ0n) is 18.0. The molecule has 0 aliphatic rings. The minimum atomic E-state index is -0.516. The van der Waals surface area contributed by atoms with Gasteiger partial charge in [0.05, 0.1) is 29.3 Å². The van der Waals surface area contributed by atoms with Crippen LogP contribution < -0.4 is 10.5 Å². The van der Waals surface area contributed by atoms with Crippen molar-refractivity contribution in [2.75, 3.05) is 19.1 Å². The fourth-order valence-electron chi connectivity index (χ4n) is 3.56. The molecule has 0 fully saturated rings. The number of benzene rings is 3. The van der Waals surface area contributed by atoms with Crippen LogP contribution in [0.25, 0.3) is 16.6 Å². The lowest BCUT2D eigenvalue weighted by Gasteiger charge is -2.23. The molecule has 0 N–H and O–H groups in total. The van der Waals surface area contributed by atoms with Crippen molar-refractivity contribution in [2.45, 2.75) is 13.5 Å². The Bertz CT molecular complexity index is 1370. The van der Waals surface area contributed by atoms with E-state index in [0.717, 1.165) is 5.56 Å². The van der Waals surface area contributed by atoms with E-state index in [9.17, 15) is 14.0 Å². The highest BCUT2D eigenvalue weighted by molar-refractivity contribution is 5.94. The van der Waals surface area contributed by atoms with Crippen molar-refractivity contribution in [3.8, 4) is 5.69 Å². The molecule has 4 rings (SSSR count). The minimum absolute atomic E-state index is 0.294. The Morgan fingerprint density at radius 1 is 1.09 bits per heavy atom. The van der Waals surface area contributed by atoms with Crippen molar-refractivity contribution >= 4 is 22.8 Å².